The van der Waals surface area contributed by atoms with E-state index in [1.807, 2.05) is 13.0 Å². The molecule has 2 aliphatic heterocycles. The molecule has 0 amide bonds. The van der Waals surface area contributed by atoms with Gasteiger partial charge < -0.3 is 24.1 Å². The molecule has 2 saturated heterocycles. The summed E-state index contributed by atoms with van der Waals surface area (Å²) in [5, 5.41) is 10.5. The molecule has 1 spiro atoms. The van der Waals surface area contributed by atoms with E-state index in [-0.39, 0.29) is 60.5 Å². The number of allylic oxidation sites excluding steroid dienone is 1. The lowest BCUT2D eigenvalue weighted by molar-refractivity contribution is -0.197. The minimum Gasteiger partial charge on any atom is -0.462 e. The fraction of sp³-hybridized carbons (Fsp3) is 0.808. The monoisotopic (exact) mass is 478 g/mol. The number of cyclic esters (lactones) is 1. The van der Waals surface area contributed by atoms with E-state index in [4.69, 9.17) is 18.9 Å². The Morgan fingerprint density at radius 2 is 1.79 bits per heavy atom. The SMILES string of the molecule is CCC(=O)O[C@@H]1COC(=O)C1=CCC1[C@]2(CCC3[C@]1(C)CC[C@@H](OC(=O)CC)[C@@]3(C)CO)CO2. The van der Waals surface area contributed by atoms with Crippen LogP contribution in [0, 0.1) is 22.7 Å². The largest absolute Gasteiger partial charge is 0.462 e. The number of carbonyl (C=O) groups excluding carboxylic acids is 3. The first-order valence-electron chi connectivity index (χ1n) is 12.6. The van der Waals surface area contributed by atoms with Crippen molar-refractivity contribution < 1.29 is 38.4 Å². The van der Waals surface area contributed by atoms with E-state index < -0.39 is 17.5 Å². The highest BCUT2D eigenvalue weighted by Gasteiger charge is 2.67. The Morgan fingerprint density at radius 3 is 2.41 bits per heavy atom. The van der Waals surface area contributed by atoms with E-state index in [0.29, 0.717) is 31.4 Å². The second-order valence-corrected chi connectivity index (χ2v) is 10.9. The number of rotatable bonds is 7. The van der Waals surface area contributed by atoms with Gasteiger partial charge >= 0.3 is 17.9 Å². The van der Waals surface area contributed by atoms with Crippen molar-refractivity contribution in [1.82, 2.24) is 0 Å². The molecule has 2 unspecified atom stereocenters. The molecule has 0 aromatic heterocycles. The maximum absolute atomic E-state index is 12.4. The molecule has 34 heavy (non-hydrogen) atoms. The maximum atomic E-state index is 12.4. The van der Waals surface area contributed by atoms with E-state index in [0.717, 1.165) is 19.3 Å². The number of aliphatic hydroxyl groups is 1. The van der Waals surface area contributed by atoms with Crippen LogP contribution in [0.25, 0.3) is 0 Å². The average molecular weight is 479 g/mol. The summed E-state index contributed by atoms with van der Waals surface area (Å²) in [5.41, 5.74) is -0.551. The summed E-state index contributed by atoms with van der Waals surface area (Å²) in [6, 6.07) is 0. The smallest absolute Gasteiger partial charge is 0.337 e. The van der Waals surface area contributed by atoms with Crippen molar-refractivity contribution in [1.29, 1.82) is 0 Å². The van der Waals surface area contributed by atoms with Gasteiger partial charge in [-0.1, -0.05) is 33.8 Å². The van der Waals surface area contributed by atoms with E-state index in [1.165, 1.54) is 0 Å². The van der Waals surface area contributed by atoms with Gasteiger partial charge in [0.25, 0.3) is 0 Å². The fourth-order valence-corrected chi connectivity index (χ4v) is 6.99. The topological polar surface area (TPSA) is 112 Å². The van der Waals surface area contributed by atoms with Gasteiger partial charge in [-0.05, 0) is 49.4 Å². The van der Waals surface area contributed by atoms with Crippen LogP contribution in [-0.4, -0.2) is 60.6 Å². The molecule has 8 nitrogen and oxygen atoms in total. The first-order valence-corrected chi connectivity index (χ1v) is 12.6. The van der Waals surface area contributed by atoms with Gasteiger partial charge in [-0.2, -0.15) is 0 Å². The predicted octanol–water partition coefficient (Wildman–Crippen LogP) is 3.10. The highest BCUT2D eigenvalue weighted by molar-refractivity contribution is 5.92. The lowest BCUT2D eigenvalue weighted by Gasteiger charge is -2.61. The van der Waals surface area contributed by atoms with Gasteiger partial charge in [0.05, 0.1) is 24.4 Å². The third kappa shape index (κ3) is 4.17. The third-order valence-corrected chi connectivity index (χ3v) is 9.06. The van der Waals surface area contributed by atoms with E-state index in [1.54, 1.807) is 13.8 Å². The van der Waals surface area contributed by atoms with Gasteiger partial charge in [-0.3, -0.25) is 9.59 Å². The van der Waals surface area contributed by atoms with E-state index >= 15 is 0 Å². The number of carbonyl (C=O) groups is 3. The molecule has 2 heterocycles. The molecule has 0 aromatic rings. The van der Waals surface area contributed by atoms with Crippen molar-refractivity contribution in [3.63, 3.8) is 0 Å². The van der Waals surface area contributed by atoms with Crippen molar-refractivity contribution in [2.24, 2.45) is 22.7 Å². The Hall–Kier alpha value is -1.93. The van der Waals surface area contributed by atoms with E-state index in [2.05, 4.69) is 6.92 Å². The number of esters is 3. The molecule has 1 N–H and O–H groups in total. The molecular formula is C26H38O8. The fourth-order valence-electron chi connectivity index (χ4n) is 6.99. The first-order chi connectivity index (χ1) is 16.1. The molecule has 7 atom stereocenters. The Labute approximate surface area is 201 Å². The standard InChI is InChI=1S/C26H38O8/c1-5-21(28)33-17-13-31-23(30)16(17)7-8-19-24(3)11-10-20(34-22(29)6-2)25(4,14-27)18(24)9-12-26(19)15-32-26/h7,17-20,27H,5-6,8-15H2,1-4H3/t17-,18?,19?,20-,24+,25+,26+/m1/s1. The average Bonchev–Trinajstić information content (AvgIpc) is 3.51. The van der Waals surface area contributed by atoms with Gasteiger partial charge in [-0.25, -0.2) is 4.79 Å². The molecule has 4 fully saturated rings. The Bertz CT molecular complexity index is 861. The lowest BCUT2D eigenvalue weighted by atomic mass is 9.45. The van der Waals surface area contributed by atoms with Crippen molar-refractivity contribution >= 4 is 17.9 Å². The van der Waals surface area contributed by atoms with Crippen molar-refractivity contribution in [2.45, 2.75) is 90.4 Å². The zero-order valence-electron chi connectivity index (χ0n) is 20.8. The van der Waals surface area contributed by atoms with Crippen LogP contribution in [0.15, 0.2) is 11.6 Å². The second kappa shape index (κ2) is 9.26. The lowest BCUT2D eigenvalue weighted by Crippen LogP contribution is -2.61. The minimum atomic E-state index is -0.671. The van der Waals surface area contributed by atoms with Crippen molar-refractivity contribution in [2.75, 3.05) is 19.8 Å². The van der Waals surface area contributed by atoms with Crippen LogP contribution in [0.1, 0.15) is 72.6 Å². The second-order valence-electron chi connectivity index (χ2n) is 10.9. The molecule has 4 rings (SSSR count). The molecule has 8 heteroatoms. The summed E-state index contributed by atoms with van der Waals surface area (Å²) in [6.07, 6.45) is 5.30. The summed E-state index contributed by atoms with van der Waals surface area (Å²) in [5.74, 6) is -0.779. The van der Waals surface area contributed by atoms with Gasteiger partial charge in [-0.15, -0.1) is 0 Å². The maximum Gasteiger partial charge on any atom is 0.337 e. The predicted molar refractivity (Wildman–Crippen MR) is 121 cm³/mol. The quantitative estimate of drug-likeness (QED) is 0.257. The molecule has 0 radical (unpaired) electrons. The number of hydrogen-bond donors (Lipinski definition) is 1. The zero-order chi connectivity index (χ0) is 24.7. The van der Waals surface area contributed by atoms with Gasteiger partial charge in [0, 0.05) is 18.3 Å². The highest BCUT2D eigenvalue weighted by Crippen LogP contribution is 2.66. The number of fused-ring (bicyclic) bond motifs is 1. The molecule has 0 bridgehead atoms. The molecular weight excluding hydrogens is 440 g/mol. The van der Waals surface area contributed by atoms with E-state index in [9.17, 15) is 19.5 Å². The summed E-state index contributed by atoms with van der Waals surface area (Å²) in [4.78, 5) is 36.3. The minimum absolute atomic E-state index is 0.0513. The van der Waals surface area contributed by atoms with Crippen LogP contribution < -0.4 is 0 Å². The molecule has 190 valence electrons. The van der Waals surface area contributed by atoms with Crippen molar-refractivity contribution in [3.05, 3.63) is 11.6 Å². The van der Waals surface area contributed by atoms with Crippen LogP contribution in [0.2, 0.25) is 0 Å². The summed E-state index contributed by atoms with van der Waals surface area (Å²) in [7, 11) is 0. The van der Waals surface area contributed by atoms with Gasteiger partial charge in [0.1, 0.15) is 12.7 Å². The Morgan fingerprint density at radius 1 is 1.12 bits per heavy atom. The van der Waals surface area contributed by atoms with Crippen LogP contribution in [-0.2, 0) is 33.3 Å². The molecule has 2 aliphatic carbocycles. The summed E-state index contributed by atoms with van der Waals surface area (Å²) in [6.45, 7) is 8.48. The first kappa shape index (κ1) is 25.2. The normalized spacial score (nSPS) is 42.3. The van der Waals surface area contributed by atoms with Crippen LogP contribution >= 0.6 is 0 Å². The van der Waals surface area contributed by atoms with Crippen molar-refractivity contribution in [3.8, 4) is 0 Å². The van der Waals surface area contributed by atoms with Crippen LogP contribution in [0.4, 0.5) is 0 Å². The Balaban J connectivity index is 1.60. The third-order valence-electron chi connectivity index (χ3n) is 9.06. The number of ether oxygens (including phenoxy) is 4. The molecule has 4 aliphatic rings. The van der Waals surface area contributed by atoms with Crippen LogP contribution in [0.5, 0.6) is 0 Å². The van der Waals surface area contributed by atoms with Gasteiger partial charge in [0.15, 0.2) is 6.10 Å². The number of epoxide rings is 1. The Kier molecular flexibility index (Phi) is 6.86. The molecule has 2 saturated carbocycles. The zero-order valence-corrected chi connectivity index (χ0v) is 20.8. The summed E-state index contributed by atoms with van der Waals surface area (Å²) >= 11 is 0. The number of aliphatic hydroxyl groups excluding tert-OH is 1. The van der Waals surface area contributed by atoms with Gasteiger partial charge in [0.2, 0.25) is 0 Å². The van der Waals surface area contributed by atoms with Crippen LogP contribution in [0.3, 0.4) is 0 Å². The molecule has 0 aromatic carbocycles. The highest BCUT2D eigenvalue weighted by atomic mass is 16.6. The summed E-state index contributed by atoms with van der Waals surface area (Å²) < 4.78 is 22.5. The number of hydrogen-bond acceptors (Lipinski definition) is 8.